The Morgan fingerprint density at radius 3 is 2.44 bits per heavy atom. The van der Waals surface area contributed by atoms with Crippen LogP contribution in [-0.4, -0.2) is 6.09 Å². The van der Waals surface area contributed by atoms with Crippen molar-refractivity contribution >= 4 is 11.8 Å². The van der Waals surface area contributed by atoms with Gasteiger partial charge in [0.25, 0.3) is 0 Å². The molecule has 0 aromatic heterocycles. The van der Waals surface area contributed by atoms with E-state index in [0.717, 1.165) is 5.56 Å². The van der Waals surface area contributed by atoms with Gasteiger partial charge in [-0.15, -0.1) is 0 Å². The molecule has 0 radical (unpaired) electrons. The molecule has 2 aromatic carbocycles. The summed E-state index contributed by atoms with van der Waals surface area (Å²) in [7, 11) is 0. The second-order valence-electron chi connectivity index (χ2n) is 3.67. The molecule has 0 aliphatic rings. The maximum Gasteiger partial charge on any atom is 0.412 e. The average molecular weight is 245 g/mol. The summed E-state index contributed by atoms with van der Waals surface area (Å²) >= 11 is 0. The summed E-state index contributed by atoms with van der Waals surface area (Å²) in [6, 6.07) is 15.2. The van der Waals surface area contributed by atoms with Crippen LogP contribution in [0, 0.1) is 5.82 Å². The second-order valence-corrected chi connectivity index (χ2v) is 3.67. The quantitative estimate of drug-likeness (QED) is 0.897. The van der Waals surface area contributed by atoms with Gasteiger partial charge in [-0.05, 0) is 17.7 Å². The Balaban J connectivity index is 1.88. The van der Waals surface area contributed by atoms with E-state index in [4.69, 9.17) is 4.74 Å². The molecule has 18 heavy (non-hydrogen) atoms. The van der Waals surface area contributed by atoms with Gasteiger partial charge in [-0.25, -0.2) is 9.18 Å². The minimum Gasteiger partial charge on any atom is -0.444 e. The number of nitrogens with one attached hydrogen (secondary N) is 1. The molecule has 0 aliphatic carbocycles. The van der Waals surface area contributed by atoms with Crippen molar-refractivity contribution in [2.75, 3.05) is 5.32 Å². The molecule has 0 fully saturated rings. The zero-order valence-electron chi connectivity index (χ0n) is 9.60. The van der Waals surface area contributed by atoms with Crippen molar-refractivity contribution in [3.63, 3.8) is 0 Å². The van der Waals surface area contributed by atoms with Gasteiger partial charge < -0.3 is 4.74 Å². The summed E-state index contributed by atoms with van der Waals surface area (Å²) in [5.74, 6) is -0.492. The number of para-hydroxylation sites is 1. The van der Waals surface area contributed by atoms with Crippen molar-refractivity contribution in [3.8, 4) is 0 Å². The van der Waals surface area contributed by atoms with Crippen molar-refractivity contribution in [2.24, 2.45) is 0 Å². The largest absolute Gasteiger partial charge is 0.444 e. The van der Waals surface area contributed by atoms with Crippen molar-refractivity contribution in [2.45, 2.75) is 6.61 Å². The minimum absolute atomic E-state index is 0.107. The van der Waals surface area contributed by atoms with Gasteiger partial charge in [-0.3, -0.25) is 5.32 Å². The number of halogens is 1. The number of benzene rings is 2. The zero-order valence-corrected chi connectivity index (χ0v) is 9.60. The maximum atomic E-state index is 13.2. The highest BCUT2D eigenvalue weighted by Gasteiger charge is 2.06. The Bertz CT molecular complexity index is 528. The predicted octanol–water partition coefficient (Wildman–Crippen LogP) is 3.57. The fourth-order valence-electron chi connectivity index (χ4n) is 1.43. The Kier molecular flexibility index (Phi) is 3.91. The molecule has 0 heterocycles. The molecule has 4 heteroatoms. The van der Waals surface area contributed by atoms with Gasteiger partial charge in [0.05, 0.1) is 5.69 Å². The Labute approximate surface area is 104 Å². The van der Waals surface area contributed by atoms with E-state index < -0.39 is 11.9 Å². The normalized spacial score (nSPS) is 9.83. The third kappa shape index (κ3) is 3.31. The molecular formula is C14H12FNO2. The Morgan fingerprint density at radius 2 is 1.72 bits per heavy atom. The van der Waals surface area contributed by atoms with E-state index in [-0.39, 0.29) is 12.3 Å². The number of amides is 1. The maximum absolute atomic E-state index is 13.2. The molecule has 0 unspecified atom stereocenters. The van der Waals surface area contributed by atoms with Crippen LogP contribution in [0.25, 0.3) is 0 Å². The first kappa shape index (κ1) is 12.1. The molecule has 0 bridgehead atoms. The molecule has 3 nitrogen and oxygen atoms in total. The van der Waals surface area contributed by atoms with Gasteiger partial charge in [0.15, 0.2) is 0 Å². The zero-order chi connectivity index (χ0) is 12.8. The molecule has 1 N–H and O–H groups in total. The molecule has 0 saturated carbocycles. The molecule has 2 aromatic rings. The number of carbonyl (C=O) groups excluding carboxylic acids is 1. The predicted molar refractivity (Wildman–Crippen MR) is 66.6 cm³/mol. The molecule has 0 aliphatic heterocycles. The Morgan fingerprint density at radius 1 is 1.06 bits per heavy atom. The van der Waals surface area contributed by atoms with Crippen LogP contribution in [0.4, 0.5) is 14.9 Å². The second kappa shape index (κ2) is 5.82. The lowest BCUT2D eigenvalue weighted by Crippen LogP contribution is -2.14. The van der Waals surface area contributed by atoms with Crippen molar-refractivity contribution in [1.29, 1.82) is 0 Å². The van der Waals surface area contributed by atoms with E-state index in [1.54, 1.807) is 12.1 Å². The topological polar surface area (TPSA) is 38.3 Å². The lowest BCUT2D eigenvalue weighted by Gasteiger charge is -2.07. The van der Waals surface area contributed by atoms with Crippen LogP contribution in [-0.2, 0) is 11.3 Å². The van der Waals surface area contributed by atoms with E-state index in [9.17, 15) is 9.18 Å². The average Bonchev–Trinajstić information content (AvgIpc) is 2.40. The van der Waals surface area contributed by atoms with Gasteiger partial charge in [0.1, 0.15) is 12.4 Å². The summed E-state index contributed by atoms with van der Waals surface area (Å²) in [5.41, 5.74) is 0.983. The summed E-state index contributed by atoms with van der Waals surface area (Å²) < 4.78 is 18.2. The summed E-state index contributed by atoms with van der Waals surface area (Å²) in [6.45, 7) is 0.154. The third-order valence-electron chi connectivity index (χ3n) is 2.32. The smallest absolute Gasteiger partial charge is 0.412 e. The van der Waals surface area contributed by atoms with Crippen LogP contribution in [0.5, 0.6) is 0 Å². The van der Waals surface area contributed by atoms with E-state index in [2.05, 4.69) is 5.32 Å². The first-order valence-corrected chi connectivity index (χ1v) is 5.48. The molecular weight excluding hydrogens is 233 g/mol. The van der Waals surface area contributed by atoms with Gasteiger partial charge >= 0.3 is 6.09 Å². The van der Waals surface area contributed by atoms with Crippen LogP contribution in [0.2, 0.25) is 0 Å². The monoisotopic (exact) mass is 245 g/mol. The number of hydrogen-bond acceptors (Lipinski definition) is 2. The molecule has 0 spiro atoms. The number of carbonyl (C=O) groups is 1. The SMILES string of the molecule is O=C(Nc1ccccc1F)OCc1ccccc1. The van der Waals surface area contributed by atoms with Gasteiger partial charge in [0, 0.05) is 0 Å². The number of rotatable bonds is 3. The lowest BCUT2D eigenvalue weighted by molar-refractivity contribution is 0.155. The molecule has 1 amide bonds. The van der Waals surface area contributed by atoms with E-state index >= 15 is 0 Å². The third-order valence-corrected chi connectivity index (χ3v) is 2.32. The van der Waals surface area contributed by atoms with E-state index in [1.165, 1.54) is 12.1 Å². The molecule has 2 rings (SSSR count). The highest BCUT2D eigenvalue weighted by molar-refractivity contribution is 5.84. The first-order valence-electron chi connectivity index (χ1n) is 5.48. The minimum atomic E-state index is -0.677. The van der Waals surface area contributed by atoms with Crippen LogP contribution >= 0.6 is 0 Å². The van der Waals surface area contributed by atoms with Crippen molar-refractivity contribution in [3.05, 3.63) is 66.0 Å². The van der Waals surface area contributed by atoms with Gasteiger partial charge in [-0.1, -0.05) is 42.5 Å². The molecule has 92 valence electrons. The highest BCUT2D eigenvalue weighted by atomic mass is 19.1. The van der Waals surface area contributed by atoms with Gasteiger partial charge in [0.2, 0.25) is 0 Å². The summed E-state index contributed by atoms with van der Waals surface area (Å²) in [5, 5.41) is 2.34. The highest BCUT2D eigenvalue weighted by Crippen LogP contribution is 2.12. The van der Waals surface area contributed by atoms with E-state index in [0.29, 0.717) is 0 Å². The summed E-state index contributed by atoms with van der Waals surface area (Å²) in [6.07, 6.45) is -0.677. The van der Waals surface area contributed by atoms with E-state index in [1.807, 2.05) is 30.3 Å². The Hall–Kier alpha value is -2.36. The number of anilines is 1. The number of ether oxygens (including phenoxy) is 1. The fraction of sp³-hybridized carbons (Fsp3) is 0.0714. The van der Waals surface area contributed by atoms with Crippen LogP contribution in [0.15, 0.2) is 54.6 Å². The first-order chi connectivity index (χ1) is 8.75. The lowest BCUT2D eigenvalue weighted by atomic mass is 10.2. The molecule has 0 atom stereocenters. The van der Waals surface area contributed by atoms with Crippen LogP contribution in [0.3, 0.4) is 0 Å². The molecule has 0 saturated heterocycles. The van der Waals surface area contributed by atoms with Crippen molar-refractivity contribution < 1.29 is 13.9 Å². The van der Waals surface area contributed by atoms with Crippen LogP contribution < -0.4 is 5.32 Å². The summed E-state index contributed by atoms with van der Waals surface area (Å²) in [4.78, 5) is 11.4. The fourth-order valence-corrected chi connectivity index (χ4v) is 1.43. The standard InChI is InChI=1S/C14H12FNO2/c15-12-8-4-5-9-13(12)16-14(17)18-10-11-6-2-1-3-7-11/h1-9H,10H2,(H,16,17). The van der Waals surface area contributed by atoms with Crippen molar-refractivity contribution in [1.82, 2.24) is 0 Å². The van der Waals surface area contributed by atoms with Gasteiger partial charge in [-0.2, -0.15) is 0 Å². The van der Waals surface area contributed by atoms with Crippen LogP contribution in [0.1, 0.15) is 5.56 Å². The number of hydrogen-bond donors (Lipinski definition) is 1.